The van der Waals surface area contributed by atoms with Crippen LogP contribution in [0.1, 0.15) is 39.0 Å². The van der Waals surface area contributed by atoms with Gasteiger partial charge in [-0.3, -0.25) is 0 Å². The summed E-state index contributed by atoms with van der Waals surface area (Å²) >= 11 is 0. The quantitative estimate of drug-likeness (QED) is 0.822. The van der Waals surface area contributed by atoms with Crippen LogP contribution in [0.4, 0.5) is 0 Å². The highest BCUT2D eigenvalue weighted by Crippen LogP contribution is 2.36. The molecule has 1 aromatic rings. The average Bonchev–Trinajstić information content (AvgIpc) is 2.59. The van der Waals surface area contributed by atoms with Gasteiger partial charge in [0.15, 0.2) is 0 Å². The molecule has 0 amide bonds. The number of nitriles is 1. The molecule has 1 fully saturated rings. The molecular formula is C14H20BN3O2. The number of hydrogen-bond donors (Lipinski definition) is 1. The molecule has 0 radical (unpaired) electrons. The van der Waals surface area contributed by atoms with Crippen molar-refractivity contribution in [1.29, 1.82) is 5.26 Å². The van der Waals surface area contributed by atoms with Gasteiger partial charge in [-0.05, 0) is 57.8 Å². The molecule has 0 saturated carbocycles. The number of hydrogen-bond acceptors (Lipinski definition) is 5. The Morgan fingerprint density at radius 1 is 1.30 bits per heavy atom. The van der Waals surface area contributed by atoms with Crippen LogP contribution in [0.25, 0.3) is 0 Å². The van der Waals surface area contributed by atoms with Gasteiger partial charge < -0.3 is 15.0 Å². The zero-order valence-corrected chi connectivity index (χ0v) is 12.4. The zero-order chi connectivity index (χ0) is 15.0. The molecule has 1 aliphatic heterocycles. The second-order valence-corrected chi connectivity index (χ2v) is 5.97. The van der Waals surface area contributed by atoms with Crippen molar-refractivity contribution in [2.24, 2.45) is 5.73 Å². The molecule has 2 heterocycles. The van der Waals surface area contributed by atoms with Gasteiger partial charge in [-0.25, -0.2) is 4.98 Å². The third-order valence-electron chi connectivity index (χ3n) is 4.10. The monoisotopic (exact) mass is 273 g/mol. The minimum Gasteiger partial charge on any atom is -0.399 e. The Bertz CT molecular complexity index is 536. The van der Waals surface area contributed by atoms with Crippen LogP contribution in [0.3, 0.4) is 0 Å². The maximum absolute atomic E-state index is 9.18. The van der Waals surface area contributed by atoms with E-state index in [4.69, 9.17) is 15.0 Å². The van der Waals surface area contributed by atoms with E-state index >= 15 is 0 Å². The molecule has 106 valence electrons. The van der Waals surface area contributed by atoms with Crippen molar-refractivity contribution in [3.8, 4) is 6.07 Å². The van der Waals surface area contributed by atoms with E-state index in [0.717, 1.165) is 11.0 Å². The summed E-state index contributed by atoms with van der Waals surface area (Å²) in [4.78, 5) is 4.09. The van der Waals surface area contributed by atoms with Crippen LogP contribution in [-0.4, -0.2) is 29.8 Å². The number of nitrogens with two attached hydrogens (primary N) is 1. The molecule has 1 aliphatic rings. The third-order valence-corrected chi connectivity index (χ3v) is 4.10. The lowest BCUT2D eigenvalue weighted by Crippen LogP contribution is -2.41. The highest BCUT2D eigenvalue weighted by molar-refractivity contribution is 6.62. The first-order chi connectivity index (χ1) is 9.32. The lowest BCUT2D eigenvalue weighted by atomic mass is 9.75. The summed E-state index contributed by atoms with van der Waals surface area (Å²) in [6.07, 6.45) is 2.19. The molecule has 1 aromatic heterocycles. The Hall–Kier alpha value is -1.42. The first kappa shape index (κ1) is 15.0. The van der Waals surface area contributed by atoms with Crippen molar-refractivity contribution in [3.63, 3.8) is 0 Å². The average molecular weight is 273 g/mol. The molecule has 20 heavy (non-hydrogen) atoms. The summed E-state index contributed by atoms with van der Waals surface area (Å²) in [7, 11) is -0.489. The van der Waals surface area contributed by atoms with E-state index in [1.165, 1.54) is 0 Å². The van der Waals surface area contributed by atoms with Gasteiger partial charge in [0.2, 0.25) is 0 Å². The number of nitrogens with zero attached hydrogens (tertiary/aromatic N) is 2. The van der Waals surface area contributed by atoms with E-state index < -0.39 is 18.3 Å². The summed E-state index contributed by atoms with van der Waals surface area (Å²) in [6.45, 7) is 8.46. The fraction of sp³-hybridized carbons (Fsp3) is 0.571. The molecule has 0 bridgehead atoms. The van der Waals surface area contributed by atoms with Crippen molar-refractivity contribution in [3.05, 3.63) is 23.5 Å². The minimum atomic E-state index is -0.489. The van der Waals surface area contributed by atoms with E-state index in [0.29, 0.717) is 18.7 Å². The first-order valence-corrected chi connectivity index (χ1v) is 6.76. The second kappa shape index (κ2) is 5.17. The summed E-state index contributed by atoms with van der Waals surface area (Å²) in [5, 5.41) is 9.18. The lowest BCUT2D eigenvalue weighted by Gasteiger charge is -2.32. The van der Waals surface area contributed by atoms with E-state index in [9.17, 15) is 5.26 Å². The molecule has 0 unspecified atom stereocenters. The van der Waals surface area contributed by atoms with Crippen molar-refractivity contribution < 1.29 is 9.31 Å². The second-order valence-electron chi connectivity index (χ2n) is 5.97. The fourth-order valence-corrected chi connectivity index (χ4v) is 2.20. The molecular weight excluding hydrogens is 253 g/mol. The maximum Gasteiger partial charge on any atom is 0.495 e. The van der Waals surface area contributed by atoms with Gasteiger partial charge >= 0.3 is 7.12 Å². The van der Waals surface area contributed by atoms with Gasteiger partial charge in [0.25, 0.3) is 0 Å². The number of rotatable bonds is 3. The summed E-state index contributed by atoms with van der Waals surface area (Å²) in [5.74, 6) is 0. The van der Waals surface area contributed by atoms with Crippen molar-refractivity contribution in [2.75, 3.05) is 6.54 Å². The predicted molar refractivity (Wildman–Crippen MR) is 77.4 cm³/mol. The van der Waals surface area contributed by atoms with Crippen LogP contribution in [0.15, 0.2) is 12.3 Å². The molecule has 1 saturated heterocycles. The number of pyridine rings is 1. The Labute approximate surface area is 120 Å². The largest absolute Gasteiger partial charge is 0.495 e. The van der Waals surface area contributed by atoms with E-state index in [2.05, 4.69) is 11.1 Å². The highest BCUT2D eigenvalue weighted by Gasteiger charge is 2.52. The molecule has 5 nitrogen and oxygen atoms in total. The van der Waals surface area contributed by atoms with Gasteiger partial charge in [0, 0.05) is 6.20 Å². The fourth-order valence-electron chi connectivity index (χ4n) is 2.20. The Balaban J connectivity index is 2.43. The molecule has 0 atom stereocenters. The minimum absolute atomic E-state index is 0.391. The van der Waals surface area contributed by atoms with Crippen LogP contribution in [0.5, 0.6) is 0 Å². The van der Waals surface area contributed by atoms with Crippen molar-refractivity contribution in [2.45, 2.75) is 45.3 Å². The Kier molecular flexibility index (Phi) is 3.87. The van der Waals surface area contributed by atoms with Gasteiger partial charge in [0.05, 0.1) is 11.2 Å². The van der Waals surface area contributed by atoms with Crippen LogP contribution in [0.2, 0.25) is 0 Å². The SMILES string of the molecule is CC1(C)OB(c2ccnc(C#N)c2CCN)OC1(C)C. The molecule has 2 rings (SSSR count). The Morgan fingerprint density at radius 3 is 2.40 bits per heavy atom. The van der Waals surface area contributed by atoms with Crippen LogP contribution >= 0.6 is 0 Å². The smallest absolute Gasteiger partial charge is 0.399 e. The lowest BCUT2D eigenvalue weighted by molar-refractivity contribution is 0.00578. The predicted octanol–water partition coefficient (Wildman–Crippen LogP) is 0.754. The van der Waals surface area contributed by atoms with Gasteiger partial charge in [-0.1, -0.05) is 0 Å². The standard InChI is InChI=1S/C14H20BN3O2/c1-13(2)14(3,4)20-15(19-13)11-6-8-18-12(9-17)10(11)5-7-16/h6,8H,5,7,16H2,1-4H3. The van der Waals surface area contributed by atoms with Crippen LogP contribution in [0, 0.1) is 11.3 Å². The van der Waals surface area contributed by atoms with Gasteiger partial charge in [-0.2, -0.15) is 5.26 Å². The topological polar surface area (TPSA) is 81.2 Å². The summed E-state index contributed by atoms with van der Waals surface area (Å²) in [5.41, 5.74) is 6.88. The van der Waals surface area contributed by atoms with Crippen LogP contribution < -0.4 is 11.2 Å². The molecule has 0 spiro atoms. The van der Waals surface area contributed by atoms with E-state index in [1.807, 2.05) is 33.8 Å². The highest BCUT2D eigenvalue weighted by atomic mass is 16.7. The van der Waals surface area contributed by atoms with Crippen molar-refractivity contribution >= 4 is 12.6 Å². The first-order valence-electron chi connectivity index (χ1n) is 6.76. The Morgan fingerprint density at radius 2 is 1.90 bits per heavy atom. The number of aromatic nitrogens is 1. The van der Waals surface area contributed by atoms with Crippen molar-refractivity contribution in [1.82, 2.24) is 4.98 Å². The normalized spacial score (nSPS) is 19.9. The van der Waals surface area contributed by atoms with Gasteiger partial charge in [0.1, 0.15) is 11.8 Å². The summed E-state index contributed by atoms with van der Waals surface area (Å²) in [6, 6.07) is 3.95. The third kappa shape index (κ3) is 2.45. The van der Waals surface area contributed by atoms with Crippen LogP contribution in [-0.2, 0) is 15.7 Å². The maximum atomic E-state index is 9.18. The van der Waals surface area contributed by atoms with Gasteiger partial charge in [-0.15, -0.1) is 0 Å². The van der Waals surface area contributed by atoms with E-state index in [-0.39, 0.29) is 0 Å². The molecule has 0 aromatic carbocycles. The van der Waals surface area contributed by atoms with E-state index in [1.54, 1.807) is 6.20 Å². The zero-order valence-electron chi connectivity index (χ0n) is 12.4. The molecule has 0 aliphatic carbocycles. The molecule has 6 heteroatoms. The summed E-state index contributed by atoms with van der Waals surface area (Å²) < 4.78 is 12.1. The molecule has 2 N–H and O–H groups in total.